The first-order valence-electron chi connectivity index (χ1n) is 8.82. The van der Waals surface area contributed by atoms with Crippen LogP contribution in [0.25, 0.3) is 0 Å². The maximum Gasteiger partial charge on any atom is 0.244 e. The number of carbonyl (C=O) groups is 2. The molecule has 0 radical (unpaired) electrons. The van der Waals surface area contributed by atoms with Gasteiger partial charge in [-0.25, -0.2) is 0 Å². The summed E-state index contributed by atoms with van der Waals surface area (Å²) in [6.45, 7) is 5.69. The number of hydrogen-bond acceptors (Lipinski definition) is 4. The molecule has 0 aromatic heterocycles. The van der Waals surface area contributed by atoms with Gasteiger partial charge in [0, 0.05) is 19.2 Å². The Morgan fingerprint density at radius 2 is 1.59 bits per heavy atom. The van der Waals surface area contributed by atoms with Crippen molar-refractivity contribution in [1.29, 1.82) is 0 Å². The van der Waals surface area contributed by atoms with Crippen LogP contribution in [0.1, 0.15) is 26.3 Å². The van der Waals surface area contributed by atoms with Crippen molar-refractivity contribution < 1.29 is 19.1 Å². The van der Waals surface area contributed by atoms with E-state index in [0.29, 0.717) is 12.2 Å². The number of hydrogen-bond donors (Lipinski definition) is 1. The first kappa shape index (κ1) is 20.3. The minimum atomic E-state index is -0.253. The second-order valence-corrected chi connectivity index (χ2v) is 6.46. The fourth-order valence-electron chi connectivity index (χ4n) is 2.49. The van der Waals surface area contributed by atoms with E-state index in [1.807, 2.05) is 38.1 Å². The molecular formula is C21H26N2O4. The normalized spacial score (nSPS) is 10.4. The number of ether oxygens (including phenoxy) is 2. The summed E-state index contributed by atoms with van der Waals surface area (Å²) in [5.74, 6) is 1.07. The molecule has 2 aromatic rings. The Morgan fingerprint density at radius 3 is 2.11 bits per heavy atom. The van der Waals surface area contributed by atoms with E-state index in [1.165, 1.54) is 11.8 Å². The number of nitrogens with one attached hydrogen (secondary N) is 1. The van der Waals surface area contributed by atoms with Crippen LogP contribution in [-0.2, 0) is 16.1 Å². The zero-order chi connectivity index (χ0) is 19.8. The molecule has 0 saturated heterocycles. The lowest BCUT2D eigenvalue weighted by atomic mass is 10.2. The molecule has 6 nitrogen and oxygen atoms in total. The Morgan fingerprint density at radius 1 is 1.00 bits per heavy atom. The average molecular weight is 370 g/mol. The first-order chi connectivity index (χ1) is 12.9. The summed E-state index contributed by atoms with van der Waals surface area (Å²) in [7, 11) is 1.60. The summed E-state index contributed by atoms with van der Waals surface area (Å²) in [6.07, 6.45) is 0.0903. The van der Waals surface area contributed by atoms with Crippen molar-refractivity contribution in [3.8, 4) is 11.5 Å². The molecule has 0 atom stereocenters. The SMILES string of the molecule is COc1ccc(CN(CC(=O)Nc2ccc(OC(C)C)cc2)C(C)=O)cc1. The van der Waals surface area contributed by atoms with Crippen LogP contribution in [0.3, 0.4) is 0 Å². The van der Waals surface area contributed by atoms with Crippen LogP contribution in [0.4, 0.5) is 5.69 Å². The predicted octanol–water partition coefficient (Wildman–Crippen LogP) is 3.47. The number of rotatable bonds is 8. The van der Waals surface area contributed by atoms with Crippen molar-refractivity contribution in [2.45, 2.75) is 33.4 Å². The van der Waals surface area contributed by atoms with Crippen molar-refractivity contribution in [3.05, 3.63) is 54.1 Å². The van der Waals surface area contributed by atoms with E-state index in [2.05, 4.69) is 5.32 Å². The minimum Gasteiger partial charge on any atom is -0.497 e. The van der Waals surface area contributed by atoms with Gasteiger partial charge in [0.2, 0.25) is 11.8 Å². The number of methoxy groups -OCH3 is 1. The quantitative estimate of drug-likeness (QED) is 0.773. The van der Waals surface area contributed by atoms with Gasteiger partial charge in [0.05, 0.1) is 13.2 Å². The maximum atomic E-state index is 12.3. The summed E-state index contributed by atoms with van der Waals surface area (Å²) in [5, 5.41) is 2.80. The fraction of sp³-hybridized carbons (Fsp3) is 0.333. The third-order valence-corrected chi connectivity index (χ3v) is 3.82. The van der Waals surface area contributed by atoms with Crippen molar-refractivity contribution in [2.75, 3.05) is 19.0 Å². The van der Waals surface area contributed by atoms with Crippen LogP contribution in [0.15, 0.2) is 48.5 Å². The lowest BCUT2D eigenvalue weighted by Gasteiger charge is -2.21. The first-order valence-corrected chi connectivity index (χ1v) is 8.82. The third-order valence-electron chi connectivity index (χ3n) is 3.82. The van der Waals surface area contributed by atoms with Crippen LogP contribution < -0.4 is 14.8 Å². The minimum absolute atomic E-state index is 0.0222. The van der Waals surface area contributed by atoms with Gasteiger partial charge in [-0.15, -0.1) is 0 Å². The number of anilines is 1. The smallest absolute Gasteiger partial charge is 0.244 e. The van der Waals surface area contributed by atoms with Gasteiger partial charge in [0.15, 0.2) is 0 Å². The summed E-state index contributed by atoms with van der Waals surface area (Å²) in [6, 6.07) is 14.6. The van der Waals surface area contributed by atoms with Crippen LogP contribution >= 0.6 is 0 Å². The van der Waals surface area contributed by atoms with Gasteiger partial charge in [-0.3, -0.25) is 9.59 Å². The molecule has 0 saturated carbocycles. The van der Waals surface area contributed by atoms with E-state index in [1.54, 1.807) is 31.4 Å². The van der Waals surface area contributed by atoms with E-state index in [-0.39, 0.29) is 24.5 Å². The maximum absolute atomic E-state index is 12.3. The molecular weight excluding hydrogens is 344 g/mol. The Labute approximate surface area is 160 Å². The second kappa shape index (κ2) is 9.62. The molecule has 2 amide bonds. The van der Waals surface area contributed by atoms with E-state index in [9.17, 15) is 9.59 Å². The second-order valence-electron chi connectivity index (χ2n) is 6.46. The highest BCUT2D eigenvalue weighted by atomic mass is 16.5. The third kappa shape index (κ3) is 6.66. The van der Waals surface area contributed by atoms with Crippen LogP contribution in [0.2, 0.25) is 0 Å². The van der Waals surface area contributed by atoms with Crippen molar-refractivity contribution in [3.63, 3.8) is 0 Å². The van der Waals surface area contributed by atoms with E-state index in [0.717, 1.165) is 17.1 Å². The molecule has 0 fully saturated rings. The summed E-state index contributed by atoms with van der Waals surface area (Å²) < 4.78 is 10.7. The zero-order valence-electron chi connectivity index (χ0n) is 16.2. The highest BCUT2D eigenvalue weighted by Crippen LogP contribution is 2.17. The average Bonchev–Trinajstić information content (AvgIpc) is 2.63. The van der Waals surface area contributed by atoms with E-state index >= 15 is 0 Å². The molecule has 0 unspecified atom stereocenters. The lowest BCUT2D eigenvalue weighted by molar-refractivity contribution is -0.133. The fourth-order valence-corrected chi connectivity index (χ4v) is 2.49. The molecule has 6 heteroatoms. The topological polar surface area (TPSA) is 67.9 Å². The van der Waals surface area contributed by atoms with Gasteiger partial charge in [-0.05, 0) is 55.8 Å². The van der Waals surface area contributed by atoms with Crippen LogP contribution in [0, 0.1) is 0 Å². The molecule has 2 rings (SSSR count). The number of benzene rings is 2. The molecule has 2 aromatic carbocycles. The monoisotopic (exact) mass is 370 g/mol. The van der Waals surface area contributed by atoms with Crippen molar-refractivity contribution in [1.82, 2.24) is 4.90 Å². The molecule has 0 aliphatic heterocycles. The molecule has 0 aliphatic carbocycles. The van der Waals surface area contributed by atoms with Gasteiger partial charge < -0.3 is 19.7 Å². The van der Waals surface area contributed by atoms with Gasteiger partial charge in [0.25, 0.3) is 0 Å². The summed E-state index contributed by atoms with van der Waals surface area (Å²) >= 11 is 0. The van der Waals surface area contributed by atoms with Crippen LogP contribution in [0.5, 0.6) is 11.5 Å². The highest BCUT2D eigenvalue weighted by Gasteiger charge is 2.14. The lowest BCUT2D eigenvalue weighted by Crippen LogP contribution is -2.36. The largest absolute Gasteiger partial charge is 0.497 e. The standard InChI is InChI=1S/C21H26N2O4/c1-15(2)27-20-11-7-18(8-12-20)22-21(25)14-23(16(3)24)13-17-5-9-19(26-4)10-6-17/h5-12,15H,13-14H2,1-4H3,(H,22,25). The predicted molar refractivity (Wildman–Crippen MR) is 105 cm³/mol. The van der Waals surface area contributed by atoms with Crippen LogP contribution in [-0.4, -0.2) is 36.5 Å². The van der Waals surface area contributed by atoms with Gasteiger partial charge in [-0.2, -0.15) is 0 Å². The number of amides is 2. The Bertz CT molecular complexity index is 755. The molecule has 27 heavy (non-hydrogen) atoms. The molecule has 0 aliphatic rings. The van der Waals surface area contributed by atoms with Gasteiger partial charge in [0.1, 0.15) is 18.0 Å². The highest BCUT2D eigenvalue weighted by molar-refractivity contribution is 5.94. The van der Waals surface area contributed by atoms with Crippen molar-refractivity contribution >= 4 is 17.5 Å². The molecule has 144 valence electrons. The Balaban J connectivity index is 1.94. The van der Waals surface area contributed by atoms with E-state index < -0.39 is 0 Å². The molecule has 0 heterocycles. The molecule has 0 spiro atoms. The number of nitrogens with zero attached hydrogens (tertiary/aromatic N) is 1. The summed E-state index contributed by atoms with van der Waals surface area (Å²) in [5.41, 5.74) is 1.58. The van der Waals surface area contributed by atoms with Gasteiger partial charge >= 0.3 is 0 Å². The van der Waals surface area contributed by atoms with Gasteiger partial charge in [-0.1, -0.05) is 12.1 Å². The summed E-state index contributed by atoms with van der Waals surface area (Å²) in [4.78, 5) is 25.7. The Kier molecular flexibility index (Phi) is 7.23. The number of carbonyl (C=O) groups excluding carboxylic acids is 2. The zero-order valence-corrected chi connectivity index (χ0v) is 16.2. The van der Waals surface area contributed by atoms with Crippen molar-refractivity contribution in [2.24, 2.45) is 0 Å². The molecule has 1 N–H and O–H groups in total. The molecule has 0 bridgehead atoms. The Hall–Kier alpha value is -3.02. The van der Waals surface area contributed by atoms with E-state index in [4.69, 9.17) is 9.47 Å².